The molecule has 0 unspecified atom stereocenters. The van der Waals surface area contributed by atoms with E-state index < -0.39 is 10.5 Å². The second-order valence-corrected chi connectivity index (χ2v) is 9.30. The van der Waals surface area contributed by atoms with Gasteiger partial charge in [-0.2, -0.15) is 9.78 Å². The van der Waals surface area contributed by atoms with Crippen LogP contribution in [0.1, 0.15) is 5.56 Å². The zero-order valence-corrected chi connectivity index (χ0v) is 21.7. The highest BCUT2D eigenvalue weighted by atomic mass is 35.5. The molecule has 0 aliphatic carbocycles. The van der Waals surface area contributed by atoms with Gasteiger partial charge in [-0.3, -0.25) is 14.9 Å². The fraction of sp³-hybridized carbons (Fsp3) is 0. The van der Waals surface area contributed by atoms with Crippen molar-refractivity contribution in [1.82, 2.24) is 14.6 Å². The van der Waals surface area contributed by atoms with Gasteiger partial charge in [-0.1, -0.05) is 53.5 Å². The molecule has 0 saturated carbocycles. The smallest absolute Gasteiger partial charge is 0.287 e. The van der Waals surface area contributed by atoms with Crippen molar-refractivity contribution in [3.05, 3.63) is 121 Å². The lowest BCUT2D eigenvalue weighted by Crippen LogP contribution is -2.20. The van der Waals surface area contributed by atoms with Crippen molar-refractivity contribution >= 4 is 57.0 Å². The molecular weight excluding hydrogens is 557 g/mol. The zero-order valence-electron chi connectivity index (χ0n) is 20.2. The quantitative estimate of drug-likeness (QED) is 0.118. The minimum Gasteiger partial charge on any atom is -0.453 e. The van der Waals surface area contributed by atoms with Crippen LogP contribution in [0.2, 0.25) is 10.0 Å². The highest BCUT2D eigenvalue weighted by Gasteiger charge is 2.17. The van der Waals surface area contributed by atoms with E-state index in [1.165, 1.54) is 30.5 Å². The molecule has 0 saturated heterocycles. The maximum atomic E-state index is 13.5. The fourth-order valence-electron chi connectivity index (χ4n) is 4.00. The molecule has 0 spiro atoms. The highest BCUT2D eigenvalue weighted by molar-refractivity contribution is 6.37. The molecule has 10 nitrogen and oxygen atoms in total. The van der Waals surface area contributed by atoms with Gasteiger partial charge in [0, 0.05) is 17.5 Å². The fourth-order valence-corrected chi connectivity index (χ4v) is 4.58. The van der Waals surface area contributed by atoms with E-state index >= 15 is 0 Å². The van der Waals surface area contributed by atoms with Gasteiger partial charge in [0.05, 0.1) is 32.1 Å². The maximum Gasteiger partial charge on any atom is 0.287 e. The number of aromatic nitrogens is 3. The van der Waals surface area contributed by atoms with Crippen LogP contribution in [0.3, 0.4) is 0 Å². The molecule has 0 atom stereocenters. The summed E-state index contributed by atoms with van der Waals surface area (Å²) in [7, 11) is 0. The summed E-state index contributed by atoms with van der Waals surface area (Å²) in [6.07, 6.45) is 2.47. The summed E-state index contributed by atoms with van der Waals surface area (Å²) in [6.45, 7) is 0. The number of furan rings is 1. The molecule has 0 N–H and O–H groups in total. The third-order valence-corrected chi connectivity index (χ3v) is 6.44. The lowest BCUT2D eigenvalue weighted by atomic mass is 10.2. The largest absolute Gasteiger partial charge is 0.453 e. The molecule has 3 heterocycles. The van der Waals surface area contributed by atoms with Crippen LogP contribution in [0.25, 0.3) is 33.5 Å². The first kappa shape index (κ1) is 25.2. The van der Waals surface area contributed by atoms with E-state index in [1.54, 1.807) is 30.3 Å². The number of fused-ring (bicyclic) bond motifs is 2. The third-order valence-electron chi connectivity index (χ3n) is 5.88. The topological polar surface area (TPSA) is 126 Å². The molecule has 3 aromatic carbocycles. The lowest BCUT2D eigenvalue weighted by molar-refractivity contribution is -0.385. The number of hydrogen-bond acceptors (Lipinski definition) is 8. The molecule has 3 aromatic heterocycles. The summed E-state index contributed by atoms with van der Waals surface area (Å²) in [5.41, 5.74) is 1.04. The Kier molecular flexibility index (Phi) is 6.47. The lowest BCUT2D eigenvalue weighted by Gasteiger charge is -2.10. The normalized spacial score (nSPS) is 11.4. The molecule has 40 heavy (non-hydrogen) atoms. The SMILES string of the molecule is O=c1c2ccccc2nc(-c2cc3ccccc3o2)n1N=Cc1cc(Cl)c(Oc2ccc([N+](=O)[O-])cn2)c(Cl)c1. The van der Waals surface area contributed by atoms with Crippen molar-refractivity contribution in [3.8, 4) is 23.2 Å². The van der Waals surface area contributed by atoms with Gasteiger partial charge >= 0.3 is 0 Å². The van der Waals surface area contributed by atoms with Crippen molar-refractivity contribution in [1.29, 1.82) is 0 Å². The minimum absolute atomic E-state index is 0.0695. The summed E-state index contributed by atoms with van der Waals surface area (Å²) >= 11 is 12.9. The predicted octanol–water partition coefficient (Wildman–Crippen LogP) is 7.09. The zero-order chi connectivity index (χ0) is 27.8. The first-order valence-corrected chi connectivity index (χ1v) is 12.5. The van der Waals surface area contributed by atoms with E-state index in [2.05, 4.69) is 15.1 Å². The Bertz CT molecular complexity index is 1960. The summed E-state index contributed by atoms with van der Waals surface area (Å²) in [6, 6.07) is 21.9. The maximum absolute atomic E-state index is 13.5. The molecular formula is C28H15Cl2N5O5. The first-order valence-electron chi connectivity index (χ1n) is 11.7. The number of para-hydroxylation sites is 2. The van der Waals surface area contributed by atoms with Gasteiger partial charge in [0.2, 0.25) is 11.7 Å². The summed E-state index contributed by atoms with van der Waals surface area (Å²) in [5.74, 6) is 0.767. The molecule has 196 valence electrons. The molecule has 12 heteroatoms. The number of ether oxygens (including phenoxy) is 1. The van der Waals surface area contributed by atoms with Crippen molar-refractivity contribution in [3.63, 3.8) is 0 Å². The predicted molar refractivity (Wildman–Crippen MR) is 152 cm³/mol. The average molecular weight is 572 g/mol. The molecule has 0 radical (unpaired) electrons. The van der Waals surface area contributed by atoms with Gasteiger partial charge in [-0.05, 0) is 42.0 Å². The Hall–Kier alpha value is -5.06. The Labute approximate surface area is 234 Å². The van der Waals surface area contributed by atoms with Crippen LogP contribution in [0.4, 0.5) is 5.69 Å². The van der Waals surface area contributed by atoms with Gasteiger partial charge in [0.15, 0.2) is 11.5 Å². The number of hydrogen-bond donors (Lipinski definition) is 0. The Balaban J connectivity index is 1.38. The second-order valence-electron chi connectivity index (χ2n) is 8.49. The summed E-state index contributed by atoms with van der Waals surface area (Å²) < 4.78 is 12.8. The van der Waals surface area contributed by atoms with Gasteiger partial charge < -0.3 is 9.15 Å². The van der Waals surface area contributed by atoms with Gasteiger partial charge in [-0.15, -0.1) is 0 Å². The average Bonchev–Trinajstić information content (AvgIpc) is 3.39. The molecule has 0 amide bonds. The number of benzene rings is 3. The number of rotatable bonds is 6. The highest BCUT2D eigenvalue weighted by Crippen LogP contribution is 2.37. The van der Waals surface area contributed by atoms with Crippen LogP contribution in [0.5, 0.6) is 11.6 Å². The van der Waals surface area contributed by atoms with Gasteiger partial charge in [0.1, 0.15) is 11.8 Å². The second kappa shape index (κ2) is 10.3. The standard InChI is InChI=1S/C28H15Cl2N5O5/c29-20-11-16(12-21(30)26(20)40-25-10-9-18(15-31-25)35(37)38)14-32-34-27(24-13-17-5-1-4-8-23(17)39-24)33-22-7-3-2-6-19(22)28(34)36/h1-15H. The van der Waals surface area contributed by atoms with Gasteiger partial charge in [-0.25, -0.2) is 9.97 Å². The minimum atomic E-state index is -0.569. The Morgan fingerprint density at radius 2 is 1.75 bits per heavy atom. The van der Waals surface area contributed by atoms with Crippen molar-refractivity contribution in [2.45, 2.75) is 0 Å². The number of nitrogens with zero attached hydrogens (tertiary/aromatic N) is 5. The number of pyridine rings is 1. The van der Waals surface area contributed by atoms with Crippen LogP contribution in [-0.2, 0) is 0 Å². The van der Waals surface area contributed by atoms with Crippen molar-refractivity contribution < 1.29 is 14.1 Å². The molecule has 0 fully saturated rings. The van der Waals surface area contributed by atoms with E-state index in [0.717, 1.165) is 16.3 Å². The molecule has 0 aliphatic rings. The molecule has 6 rings (SSSR count). The van der Waals surface area contributed by atoms with Crippen LogP contribution in [-0.4, -0.2) is 25.8 Å². The van der Waals surface area contributed by atoms with Crippen LogP contribution >= 0.6 is 23.2 Å². The Morgan fingerprint density at radius 3 is 2.48 bits per heavy atom. The summed E-state index contributed by atoms with van der Waals surface area (Å²) in [5, 5.41) is 16.8. The van der Waals surface area contributed by atoms with Crippen LogP contribution in [0, 0.1) is 10.1 Å². The van der Waals surface area contributed by atoms with Crippen LogP contribution in [0.15, 0.2) is 99.4 Å². The van der Waals surface area contributed by atoms with E-state index in [-0.39, 0.29) is 33.2 Å². The van der Waals surface area contributed by atoms with E-state index in [1.807, 2.05) is 24.3 Å². The van der Waals surface area contributed by atoms with Crippen molar-refractivity contribution in [2.75, 3.05) is 0 Å². The molecule has 0 bridgehead atoms. The monoisotopic (exact) mass is 571 g/mol. The van der Waals surface area contributed by atoms with E-state index in [9.17, 15) is 14.9 Å². The van der Waals surface area contributed by atoms with Crippen LogP contribution < -0.4 is 10.3 Å². The Morgan fingerprint density at radius 1 is 1.00 bits per heavy atom. The van der Waals surface area contributed by atoms with Gasteiger partial charge in [0.25, 0.3) is 11.2 Å². The van der Waals surface area contributed by atoms with E-state index in [4.69, 9.17) is 32.4 Å². The first-order chi connectivity index (χ1) is 19.4. The number of halogens is 2. The van der Waals surface area contributed by atoms with E-state index in [0.29, 0.717) is 27.8 Å². The molecule has 0 aliphatic heterocycles. The van der Waals surface area contributed by atoms with Crippen molar-refractivity contribution in [2.24, 2.45) is 5.10 Å². The molecule has 6 aromatic rings. The third kappa shape index (κ3) is 4.77. The summed E-state index contributed by atoms with van der Waals surface area (Å²) in [4.78, 5) is 32.3. The number of nitro groups is 1.